The first-order valence-electron chi connectivity index (χ1n) is 9.93. The molecule has 3 nitrogen and oxygen atoms in total. The van der Waals surface area contributed by atoms with Crippen molar-refractivity contribution in [1.82, 2.24) is 0 Å². The molecule has 2 N–H and O–H groups in total. The maximum absolute atomic E-state index is 13.3. The van der Waals surface area contributed by atoms with Gasteiger partial charge in [0.15, 0.2) is 0 Å². The van der Waals surface area contributed by atoms with E-state index >= 15 is 0 Å². The zero-order valence-electron chi connectivity index (χ0n) is 18.6. The van der Waals surface area contributed by atoms with Crippen molar-refractivity contribution >= 4 is 17.2 Å². The number of hydrogen-bond donors (Lipinski definition) is 2. The van der Waals surface area contributed by atoms with Crippen LogP contribution in [0.3, 0.4) is 0 Å². The highest BCUT2D eigenvalue weighted by Gasteiger charge is 2.71. The van der Waals surface area contributed by atoms with E-state index in [-0.39, 0.29) is 28.9 Å². The molecule has 0 atom stereocenters. The SMILES string of the molecule is C=C(C)c1cc(C(O)(C(F)(F)F)C(F)(F)F)ccc1-c1ccc(NC(=O)CC(C)(C)C)cc1. The van der Waals surface area contributed by atoms with Crippen molar-refractivity contribution in [1.29, 1.82) is 0 Å². The third-order valence-corrected chi connectivity index (χ3v) is 4.89. The highest BCUT2D eigenvalue weighted by atomic mass is 19.4. The van der Waals surface area contributed by atoms with Crippen LogP contribution in [0.1, 0.15) is 45.2 Å². The monoisotopic (exact) mass is 473 g/mol. The number of carbonyl (C=O) groups is 1. The molecule has 0 saturated carbocycles. The topological polar surface area (TPSA) is 49.3 Å². The molecule has 0 aliphatic rings. The van der Waals surface area contributed by atoms with Gasteiger partial charge in [-0.3, -0.25) is 4.79 Å². The summed E-state index contributed by atoms with van der Waals surface area (Å²) in [5.74, 6) is -0.194. The van der Waals surface area contributed by atoms with Crippen LogP contribution < -0.4 is 5.32 Å². The highest BCUT2D eigenvalue weighted by molar-refractivity contribution is 5.91. The second kappa shape index (κ2) is 8.85. The first-order chi connectivity index (χ1) is 14.9. The fourth-order valence-corrected chi connectivity index (χ4v) is 3.28. The normalized spacial score (nSPS) is 13.1. The summed E-state index contributed by atoms with van der Waals surface area (Å²) in [6.07, 6.45) is -11.7. The van der Waals surface area contributed by atoms with E-state index in [1.165, 1.54) is 6.92 Å². The second-order valence-corrected chi connectivity index (χ2v) is 9.11. The number of nitrogens with one attached hydrogen (secondary N) is 1. The molecule has 0 unspecified atom stereocenters. The maximum Gasteiger partial charge on any atom is 0.430 e. The molecule has 180 valence electrons. The zero-order valence-corrected chi connectivity index (χ0v) is 18.6. The number of anilines is 1. The molecule has 0 heterocycles. The molecular weight excluding hydrogens is 448 g/mol. The summed E-state index contributed by atoms with van der Waals surface area (Å²) in [6.45, 7) is 10.8. The molecule has 0 aliphatic carbocycles. The van der Waals surface area contributed by atoms with E-state index in [4.69, 9.17) is 0 Å². The van der Waals surface area contributed by atoms with Crippen LogP contribution in [0.2, 0.25) is 0 Å². The van der Waals surface area contributed by atoms with E-state index in [0.717, 1.165) is 6.07 Å². The van der Waals surface area contributed by atoms with Crippen molar-refractivity contribution < 1.29 is 36.2 Å². The van der Waals surface area contributed by atoms with Crippen LogP contribution in [0.5, 0.6) is 0 Å². The molecule has 0 aromatic heterocycles. The largest absolute Gasteiger partial charge is 0.430 e. The molecule has 0 saturated heterocycles. The first kappa shape index (κ1) is 26.4. The van der Waals surface area contributed by atoms with E-state index in [2.05, 4.69) is 11.9 Å². The minimum absolute atomic E-state index is 0.0175. The molecule has 2 aromatic carbocycles. The summed E-state index contributed by atoms with van der Waals surface area (Å²) < 4.78 is 79.6. The summed E-state index contributed by atoms with van der Waals surface area (Å²) in [6, 6.07) is 8.64. The van der Waals surface area contributed by atoms with Gasteiger partial charge in [0.2, 0.25) is 5.91 Å². The van der Waals surface area contributed by atoms with Crippen LogP contribution in [-0.2, 0) is 10.4 Å². The summed E-state index contributed by atoms with van der Waals surface area (Å²) >= 11 is 0. The molecule has 0 spiro atoms. The van der Waals surface area contributed by atoms with Gasteiger partial charge in [0.25, 0.3) is 5.60 Å². The van der Waals surface area contributed by atoms with Crippen molar-refractivity contribution in [2.45, 2.75) is 52.1 Å². The Morgan fingerprint density at radius 1 is 0.939 bits per heavy atom. The minimum Gasteiger partial charge on any atom is -0.369 e. The zero-order chi connectivity index (χ0) is 25.4. The van der Waals surface area contributed by atoms with Gasteiger partial charge in [-0.1, -0.05) is 57.2 Å². The van der Waals surface area contributed by atoms with Crippen LogP contribution >= 0.6 is 0 Å². The summed E-state index contributed by atoms with van der Waals surface area (Å²) in [5.41, 5.74) is -5.06. The Hall–Kier alpha value is -2.81. The number of hydrogen-bond acceptors (Lipinski definition) is 2. The van der Waals surface area contributed by atoms with Crippen molar-refractivity contribution in [3.8, 4) is 11.1 Å². The molecule has 2 rings (SSSR count). The van der Waals surface area contributed by atoms with Crippen molar-refractivity contribution in [2.24, 2.45) is 5.41 Å². The number of alkyl halides is 6. The molecule has 2 aromatic rings. The first-order valence-corrected chi connectivity index (χ1v) is 9.93. The lowest BCUT2D eigenvalue weighted by molar-refractivity contribution is -0.376. The number of aliphatic hydroxyl groups is 1. The van der Waals surface area contributed by atoms with Gasteiger partial charge < -0.3 is 10.4 Å². The number of allylic oxidation sites excluding steroid dienone is 1. The third-order valence-electron chi connectivity index (χ3n) is 4.89. The summed E-state index contributed by atoms with van der Waals surface area (Å²) in [4.78, 5) is 12.1. The van der Waals surface area contributed by atoms with Crippen LogP contribution in [-0.4, -0.2) is 23.4 Å². The van der Waals surface area contributed by atoms with Gasteiger partial charge in [-0.05, 0) is 47.2 Å². The van der Waals surface area contributed by atoms with Crippen LogP contribution in [0.15, 0.2) is 49.0 Å². The highest BCUT2D eigenvalue weighted by Crippen LogP contribution is 2.50. The Morgan fingerprint density at radius 2 is 1.45 bits per heavy atom. The van der Waals surface area contributed by atoms with Crippen LogP contribution in [0, 0.1) is 5.41 Å². The number of rotatable bonds is 5. The Kier molecular flexibility index (Phi) is 7.09. The maximum atomic E-state index is 13.3. The lowest BCUT2D eigenvalue weighted by Gasteiger charge is -2.33. The second-order valence-electron chi connectivity index (χ2n) is 9.11. The van der Waals surface area contributed by atoms with E-state index in [0.29, 0.717) is 28.9 Å². The van der Waals surface area contributed by atoms with E-state index in [1.54, 1.807) is 24.3 Å². The number of carbonyl (C=O) groups excluding carboxylic acids is 1. The molecule has 33 heavy (non-hydrogen) atoms. The third kappa shape index (κ3) is 5.76. The van der Waals surface area contributed by atoms with E-state index in [1.807, 2.05) is 20.8 Å². The molecule has 1 amide bonds. The van der Waals surface area contributed by atoms with Gasteiger partial charge >= 0.3 is 12.4 Å². The Morgan fingerprint density at radius 3 is 1.88 bits per heavy atom. The van der Waals surface area contributed by atoms with Crippen LogP contribution in [0.25, 0.3) is 16.7 Å². The average Bonchev–Trinajstić information content (AvgIpc) is 2.64. The smallest absolute Gasteiger partial charge is 0.369 e. The quantitative estimate of drug-likeness (QED) is 0.456. The average molecular weight is 473 g/mol. The van der Waals surface area contributed by atoms with E-state index in [9.17, 15) is 36.2 Å². The Balaban J connectivity index is 2.47. The Labute approximate surface area is 188 Å². The number of halogens is 6. The number of amides is 1. The molecule has 9 heteroatoms. The van der Waals surface area contributed by atoms with Gasteiger partial charge in [0.1, 0.15) is 0 Å². The van der Waals surface area contributed by atoms with Gasteiger partial charge in [-0.15, -0.1) is 0 Å². The molecule has 0 bridgehead atoms. The standard InChI is InChI=1S/C24H25F6NO2/c1-14(2)19-12-16(22(33,23(25,26)27)24(28,29)30)8-11-18(19)15-6-9-17(10-7-15)31-20(32)13-21(3,4)5/h6-12,33H,1,13H2,2-5H3,(H,31,32). The minimum atomic E-state index is -5.98. The number of benzene rings is 2. The summed E-state index contributed by atoms with van der Waals surface area (Å²) in [5, 5.41) is 12.4. The Bertz CT molecular complexity index is 1020. The summed E-state index contributed by atoms with van der Waals surface area (Å²) in [7, 11) is 0. The predicted octanol–water partition coefficient (Wildman–Crippen LogP) is 7.07. The molecule has 0 fully saturated rings. The van der Waals surface area contributed by atoms with Gasteiger partial charge in [-0.2, -0.15) is 26.3 Å². The molecule has 0 aliphatic heterocycles. The lowest BCUT2D eigenvalue weighted by Crippen LogP contribution is -2.53. The molecule has 0 radical (unpaired) electrons. The van der Waals surface area contributed by atoms with Crippen molar-refractivity contribution in [3.63, 3.8) is 0 Å². The van der Waals surface area contributed by atoms with Gasteiger partial charge in [-0.25, -0.2) is 0 Å². The predicted molar refractivity (Wildman–Crippen MR) is 115 cm³/mol. The van der Waals surface area contributed by atoms with Crippen molar-refractivity contribution in [3.05, 3.63) is 60.2 Å². The fourth-order valence-electron chi connectivity index (χ4n) is 3.28. The fraction of sp³-hybridized carbons (Fsp3) is 0.375. The lowest BCUT2D eigenvalue weighted by atomic mass is 9.86. The van der Waals surface area contributed by atoms with Gasteiger partial charge in [0.05, 0.1) is 0 Å². The van der Waals surface area contributed by atoms with Crippen LogP contribution in [0.4, 0.5) is 32.0 Å². The van der Waals surface area contributed by atoms with E-state index < -0.39 is 23.5 Å². The van der Waals surface area contributed by atoms with Crippen molar-refractivity contribution in [2.75, 3.05) is 5.32 Å². The van der Waals surface area contributed by atoms with Gasteiger partial charge in [0, 0.05) is 17.7 Å². The molecular formula is C24H25F6NO2.